The smallest absolute Gasteiger partial charge is 0.255 e. The maximum Gasteiger partial charge on any atom is 0.255 e. The fourth-order valence-electron chi connectivity index (χ4n) is 4.23. The van der Waals surface area contributed by atoms with Gasteiger partial charge >= 0.3 is 0 Å². The Labute approximate surface area is 199 Å². The van der Waals surface area contributed by atoms with Gasteiger partial charge in [0, 0.05) is 18.7 Å². The van der Waals surface area contributed by atoms with Crippen LogP contribution in [0.3, 0.4) is 0 Å². The third kappa shape index (κ3) is 4.83. The molecule has 0 radical (unpaired) electrons. The molecule has 7 heteroatoms. The van der Waals surface area contributed by atoms with Gasteiger partial charge in [-0.25, -0.2) is 0 Å². The van der Waals surface area contributed by atoms with E-state index in [-0.39, 0.29) is 18.2 Å². The number of amides is 2. The maximum absolute atomic E-state index is 13.2. The molecule has 7 nitrogen and oxygen atoms in total. The largest absolute Gasteiger partial charge is 0.497 e. The predicted octanol–water partition coefficient (Wildman–Crippen LogP) is 4.12. The summed E-state index contributed by atoms with van der Waals surface area (Å²) in [5.41, 5.74) is 3.36. The van der Waals surface area contributed by atoms with Crippen LogP contribution in [-0.2, 0) is 17.9 Å². The fraction of sp³-hybridized carbons (Fsp3) is 0.259. The molecule has 0 aliphatic carbocycles. The van der Waals surface area contributed by atoms with E-state index in [4.69, 9.17) is 14.2 Å². The van der Waals surface area contributed by atoms with Gasteiger partial charge in [-0.1, -0.05) is 36.4 Å². The molecule has 4 rings (SSSR count). The minimum atomic E-state index is -0.468. The Balaban J connectivity index is 1.58. The van der Waals surface area contributed by atoms with Gasteiger partial charge < -0.3 is 24.4 Å². The van der Waals surface area contributed by atoms with Crippen molar-refractivity contribution in [3.8, 4) is 17.2 Å². The van der Waals surface area contributed by atoms with Gasteiger partial charge in [0.15, 0.2) is 11.5 Å². The number of nitrogens with zero attached hydrogens (tertiary/aromatic N) is 1. The van der Waals surface area contributed by atoms with E-state index in [1.54, 1.807) is 32.3 Å². The average Bonchev–Trinajstić information content (AvgIpc) is 3.21. The molecular weight excluding hydrogens is 432 g/mol. The first-order chi connectivity index (χ1) is 16.5. The van der Waals surface area contributed by atoms with Crippen LogP contribution in [0.4, 0.5) is 0 Å². The van der Waals surface area contributed by atoms with Gasteiger partial charge in [0.1, 0.15) is 5.75 Å². The number of rotatable bonds is 9. The van der Waals surface area contributed by atoms with Crippen molar-refractivity contribution in [3.63, 3.8) is 0 Å². The summed E-state index contributed by atoms with van der Waals surface area (Å²) >= 11 is 0. The number of hydrogen-bond acceptors (Lipinski definition) is 5. The van der Waals surface area contributed by atoms with Gasteiger partial charge in [-0.05, 0) is 47.0 Å². The van der Waals surface area contributed by atoms with Crippen LogP contribution in [0.25, 0.3) is 0 Å². The number of fused-ring (bicyclic) bond motifs is 1. The summed E-state index contributed by atoms with van der Waals surface area (Å²) in [5, 5.41) is 2.97. The minimum absolute atomic E-state index is 0.0871. The number of carbonyl (C=O) groups is 2. The van der Waals surface area contributed by atoms with E-state index >= 15 is 0 Å². The topological polar surface area (TPSA) is 77.1 Å². The van der Waals surface area contributed by atoms with Gasteiger partial charge in [0.25, 0.3) is 5.91 Å². The van der Waals surface area contributed by atoms with Crippen LogP contribution in [0.1, 0.15) is 39.5 Å². The van der Waals surface area contributed by atoms with Crippen LogP contribution in [0, 0.1) is 0 Å². The molecular formula is C27H28N2O5. The molecule has 0 unspecified atom stereocenters. The molecule has 1 aliphatic heterocycles. The Morgan fingerprint density at radius 1 is 0.941 bits per heavy atom. The Hall–Kier alpha value is -4.00. The first-order valence-corrected chi connectivity index (χ1v) is 11.0. The molecule has 1 atom stereocenters. The van der Waals surface area contributed by atoms with E-state index in [2.05, 4.69) is 5.32 Å². The molecule has 1 aliphatic rings. The van der Waals surface area contributed by atoms with E-state index in [0.29, 0.717) is 30.2 Å². The molecule has 1 heterocycles. The van der Waals surface area contributed by atoms with Crippen molar-refractivity contribution in [2.45, 2.75) is 25.6 Å². The second-order valence-corrected chi connectivity index (χ2v) is 8.05. The third-order valence-electron chi connectivity index (χ3n) is 6.02. The lowest BCUT2D eigenvalue weighted by atomic mass is 10.0. The molecule has 176 valence electrons. The van der Waals surface area contributed by atoms with Crippen LogP contribution in [0.5, 0.6) is 17.2 Å². The van der Waals surface area contributed by atoms with E-state index in [1.807, 2.05) is 60.7 Å². The monoisotopic (exact) mass is 460 g/mol. The van der Waals surface area contributed by atoms with Gasteiger partial charge in [-0.2, -0.15) is 0 Å². The van der Waals surface area contributed by atoms with E-state index in [1.165, 1.54) is 0 Å². The number of carbonyl (C=O) groups excluding carboxylic acids is 2. The number of nitrogens with one attached hydrogen (secondary N) is 1. The molecule has 2 amide bonds. The Bertz CT molecular complexity index is 1190. The summed E-state index contributed by atoms with van der Waals surface area (Å²) in [7, 11) is 4.74. The van der Waals surface area contributed by atoms with Crippen LogP contribution >= 0.6 is 0 Å². The second kappa shape index (κ2) is 10.3. The quantitative estimate of drug-likeness (QED) is 0.520. The maximum atomic E-state index is 13.2. The summed E-state index contributed by atoms with van der Waals surface area (Å²) in [5.74, 6) is 1.62. The first-order valence-electron chi connectivity index (χ1n) is 11.0. The highest BCUT2D eigenvalue weighted by molar-refractivity contribution is 5.98. The molecule has 0 saturated heterocycles. The zero-order valence-corrected chi connectivity index (χ0v) is 19.5. The zero-order chi connectivity index (χ0) is 24.1. The van der Waals surface area contributed by atoms with Crippen LogP contribution in [-0.4, -0.2) is 38.0 Å². The summed E-state index contributed by atoms with van der Waals surface area (Å²) in [6, 6.07) is 20.1. The van der Waals surface area contributed by atoms with Crippen molar-refractivity contribution in [3.05, 3.63) is 89.0 Å². The average molecular weight is 461 g/mol. The molecule has 3 aromatic rings. The van der Waals surface area contributed by atoms with Gasteiger partial charge in [-0.3, -0.25) is 9.59 Å². The Morgan fingerprint density at radius 3 is 2.47 bits per heavy atom. The molecule has 0 saturated carbocycles. The van der Waals surface area contributed by atoms with Crippen molar-refractivity contribution >= 4 is 11.8 Å². The Morgan fingerprint density at radius 2 is 1.74 bits per heavy atom. The molecule has 0 spiro atoms. The first kappa shape index (κ1) is 23.2. The van der Waals surface area contributed by atoms with Crippen LogP contribution < -0.4 is 19.5 Å². The molecule has 0 aromatic heterocycles. The lowest BCUT2D eigenvalue weighted by Crippen LogP contribution is -2.34. The number of hydrogen-bond donors (Lipinski definition) is 1. The van der Waals surface area contributed by atoms with Gasteiger partial charge in [0.2, 0.25) is 5.91 Å². The number of methoxy groups -OCH3 is 3. The molecule has 0 bridgehead atoms. The minimum Gasteiger partial charge on any atom is -0.497 e. The molecule has 0 fully saturated rings. The van der Waals surface area contributed by atoms with Crippen molar-refractivity contribution < 1.29 is 23.8 Å². The Kier molecular flexibility index (Phi) is 7.01. The summed E-state index contributed by atoms with van der Waals surface area (Å²) in [6.45, 7) is 0.806. The highest BCUT2D eigenvalue weighted by Gasteiger charge is 2.34. The number of benzene rings is 3. The fourth-order valence-corrected chi connectivity index (χ4v) is 4.23. The highest BCUT2D eigenvalue weighted by Crippen LogP contribution is 2.37. The lowest BCUT2D eigenvalue weighted by molar-refractivity contribution is -0.122. The number of ether oxygens (including phenoxy) is 3. The van der Waals surface area contributed by atoms with Crippen LogP contribution in [0.2, 0.25) is 0 Å². The standard InChI is InChI=1S/C27H28N2O5/c1-32-21-9-6-7-18(13-21)16-28-26(30)15-23(19-11-12-24(33-2)25(14-19)34-3)29-17-20-8-4-5-10-22(20)27(29)31/h4-14,23H,15-17H2,1-3H3,(H,28,30)/t23-/m1/s1. The van der Waals surface area contributed by atoms with E-state index in [0.717, 1.165) is 22.4 Å². The normalized spacial score (nSPS) is 13.3. The van der Waals surface area contributed by atoms with Crippen molar-refractivity contribution in [2.75, 3.05) is 21.3 Å². The molecule has 3 aromatic carbocycles. The summed E-state index contributed by atoms with van der Waals surface area (Å²) in [6.07, 6.45) is 0.110. The predicted molar refractivity (Wildman–Crippen MR) is 128 cm³/mol. The van der Waals surface area contributed by atoms with Crippen LogP contribution in [0.15, 0.2) is 66.7 Å². The molecule has 1 N–H and O–H groups in total. The van der Waals surface area contributed by atoms with E-state index in [9.17, 15) is 9.59 Å². The van der Waals surface area contributed by atoms with Gasteiger partial charge in [-0.15, -0.1) is 0 Å². The molecule has 34 heavy (non-hydrogen) atoms. The van der Waals surface area contributed by atoms with Gasteiger partial charge in [0.05, 0.1) is 33.8 Å². The summed E-state index contributed by atoms with van der Waals surface area (Å²) < 4.78 is 16.1. The SMILES string of the molecule is COc1cccc(CNC(=O)C[C@H](c2ccc(OC)c(OC)c2)N2Cc3ccccc3C2=O)c1. The lowest BCUT2D eigenvalue weighted by Gasteiger charge is -2.28. The second-order valence-electron chi connectivity index (χ2n) is 8.05. The summed E-state index contributed by atoms with van der Waals surface area (Å²) in [4.78, 5) is 28.0. The zero-order valence-electron chi connectivity index (χ0n) is 19.5. The van der Waals surface area contributed by atoms with Crippen molar-refractivity contribution in [1.29, 1.82) is 0 Å². The third-order valence-corrected chi connectivity index (χ3v) is 6.02. The van der Waals surface area contributed by atoms with Crippen molar-refractivity contribution in [1.82, 2.24) is 10.2 Å². The highest BCUT2D eigenvalue weighted by atomic mass is 16.5. The van der Waals surface area contributed by atoms with E-state index < -0.39 is 6.04 Å². The van der Waals surface area contributed by atoms with Crippen molar-refractivity contribution in [2.24, 2.45) is 0 Å².